The normalized spacial score (nSPS) is 10.6. The monoisotopic (exact) mass is 404 g/mol. The zero-order valence-corrected chi connectivity index (χ0v) is 15.7. The van der Waals surface area contributed by atoms with Crippen LogP contribution in [0.5, 0.6) is 0 Å². The SMILES string of the molecule is O=C(CSc1ccc(Cl)cc1)N(Cc1ccccn1)c1ccc(F)cc1F. The molecule has 0 aliphatic rings. The molecule has 3 aromatic rings. The summed E-state index contributed by atoms with van der Waals surface area (Å²) in [4.78, 5) is 19.1. The molecule has 0 saturated carbocycles. The number of halogens is 3. The van der Waals surface area contributed by atoms with Crippen LogP contribution in [0.1, 0.15) is 5.69 Å². The number of thioether (sulfide) groups is 1. The third-order valence-electron chi connectivity index (χ3n) is 3.72. The Balaban J connectivity index is 1.81. The van der Waals surface area contributed by atoms with Crippen LogP contribution >= 0.6 is 23.4 Å². The molecule has 1 aromatic heterocycles. The first-order valence-corrected chi connectivity index (χ1v) is 9.43. The maximum absolute atomic E-state index is 14.3. The zero-order chi connectivity index (χ0) is 19.2. The highest BCUT2D eigenvalue weighted by atomic mass is 35.5. The standard InChI is InChI=1S/C20H15ClF2N2OS/c21-14-4-7-17(8-5-14)27-13-20(26)25(12-16-3-1-2-10-24-16)19-9-6-15(22)11-18(19)23/h1-11H,12-13H2. The highest BCUT2D eigenvalue weighted by molar-refractivity contribution is 8.00. The Kier molecular flexibility index (Phi) is 6.42. The number of rotatable bonds is 6. The summed E-state index contributed by atoms with van der Waals surface area (Å²) in [6.07, 6.45) is 1.60. The Hall–Kier alpha value is -2.44. The molecule has 0 bridgehead atoms. The van der Waals surface area contributed by atoms with E-state index in [9.17, 15) is 13.6 Å². The van der Waals surface area contributed by atoms with Gasteiger partial charge in [0, 0.05) is 22.2 Å². The van der Waals surface area contributed by atoms with E-state index in [4.69, 9.17) is 11.6 Å². The second kappa shape index (κ2) is 8.97. The molecule has 27 heavy (non-hydrogen) atoms. The topological polar surface area (TPSA) is 33.2 Å². The lowest BCUT2D eigenvalue weighted by Gasteiger charge is -2.23. The van der Waals surface area contributed by atoms with E-state index < -0.39 is 11.6 Å². The van der Waals surface area contributed by atoms with E-state index in [1.807, 2.05) is 12.1 Å². The molecule has 1 heterocycles. The molecule has 3 rings (SSSR count). The smallest absolute Gasteiger partial charge is 0.237 e. The van der Waals surface area contributed by atoms with Gasteiger partial charge in [0.2, 0.25) is 5.91 Å². The number of hydrogen-bond acceptors (Lipinski definition) is 3. The Morgan fingerprint density at radius 3 is 2.52 bits per heavy atom. The molecule has 0 aliphatic carbocycles. The van der Waals surface area contributed by atoms with Crippen LogP contribution in [0.3, 0.4) is 0 Å². The van der Waals surface area contributed by atoms with Gasteiger partial charge in [0.15, 0.2) is 0 Å². The first-order valence-electron chi connectivity index (χ1n) is 8.06. The number of pyridine rings is 1. The maximum atomic E-state index is 14.3. The van der Waals surface area contributed by atoms with E-state index in [0.717, 1.165) is 17.0 Å². The van der Waals surface area contributed by atoms with Crippen molar-refractivity contribution in [2.45, 2.75) is 11.4 Å². The molecule has 0 spiro atoms. The minimum absolute atomic E-state index is 0.0174. The molecule has 0 radical (unpaired) electrons. The minimum atomic E-state index is -0.796. The number of carbonyl (C=O) groups is 1. The quantitative estimate of drug-likeness (QED) is 0.520. The Morgan fingerprint density at radius 2 is 1.85 bits per heavy atom. The van der Waals surface area contributed by atoms with Crippen LogP contribution in [0.2, 0.25) is 5.02 Å². The van der Waals surface area contributed by atoms with Crippen LogP contribution in [-0.2, 0) is 11.3 Å². The summed E-state index contributed by atoms with van der Waals surface area (Å²) in [6, 6.07) is 15.5. The van der Waals surface area contributed by atoms with Crippen LogP contribution < -0.4 is 4.90 Å². The van der Waals surface area contributed by atoms with Gasteiger partial charge in [-0.05, 0) is 48.5 Å². The molecule has 3 nitrogen and oxygen atoms in total. The molecular weight excluding hydrogens is 390 g/mol. The molecule has 0 aliphatic heterocycles. The van der Waals surface area contributed by atoms with Crippen molar-refractivity contribution in [2.24, 2.45) is 0 Å². The fourth-order valence-corrected chi connectivity index (χ4v) is 3.32. The molecule has 0 fully saturated rings. The van der Waals surface area contributed by atoms with Crippen LogP contribution in [0, 0.1) is 11.6 Å². The molecule has 0 N–H and O–H groups in total. The molecule has 0 unspecified atom stereocenters. The second-order valence-corrected chi connectivity index (χ2v) is 7.12. The number of nitrogens with zero attached hydrogens (tertiary/aromatic N) is 2. The van der Waals surface area contributed by atoms with Crippen LogP contribution in [-0.4, -0.2) is 16.6 Å². The second-order valence-electron chi connectivity index (χ2n) is 5.64. The number of hydrogen-bond donors (Lipinski definition) is 0. The Morgan fingerprint density at radius 1 is 1.07 bits per heavy atom. The Labute approximate surface area is 165 Å². The molecular formula is C20H15ClF2N2OS. The summed E-state index contributed by atoms with van der Waals surface area (Å²) in [7, 11) is 0. The molecule has 1 amide bonds. The first-order chi connectivity index (χ1) is 13.0. The van der Waals surface area contributed by atoms with Gasteiger partial charge in [-0.3, -0.25) is 9.78 Å². The van der Waals surface area contributed by atoms with Crippen molar-refractivity contribution in [3.8, 4) is 0 Å². The van der Waals surface area contributed by atoms with Crippen molar-refractivity contribution in [2.75, 3.05) is 10.7 Å². The maximum Gasteiger partial charge on any atom is 0.237 e. The van der Waals surface area contributed by atoms with Crippen molar-refractivity contribution in [1.82, 2.24) is 4.98 Å². The predicted octanol–water partition coefficient (Wildman–Crippen LogP) is 5.34. The molecule has 138 valence electrons. The van der Waals surface area contributed by atoms with E-state index in [2.05, 4.69) is 4.98 Å². The van der Waals surface area contributed by atoms with Crippen molar-refractivity contribution in [3.05, 3.63) is 89.2 Å². The highest BCUT2D eigenvalue weighted by Crippen LogP contribution is 2.25. The number of aromatic nitrogens is 1. The van der Waals surface area contributed by atoms with Crippen molar-refractivity contribution >= 4 is 35.0 Å². The number of amides is 1. The van der Waals surface area contributed by atoms with Gasteiger partial charge in [-0.1, -0.05) is 17.7 Å². The van der Waals surface area contributed by atoms with E-state index in [1.165, 1.54) is 22.7 Å². The molecule has 7 heteroatoms. The van der Waals surface area contributed by atoms with Crippen LogP contribution in [0.25, 0.3) is 0 Å². The highest BCUT2D eigenvalue weighted by Gasteiger charge is 2.20. The molecule has 2 aromatic carbocycles. The zero-order valence-electron chi connectivity index (χ0n) is 14.1. The largest absolute Gasteiger partial charge is 0.303 e. The van der Waals surface area contributed by atoms with E-state index in [-0.39, 0.29) is 23.9 Å². The molecule has 0 saturated heterocycles. The summed E-state index contributed by atoms with van der Waals surface area (Å²) < 4.78 is 27.6. The fourth-order valence-electron chi connectivity index (χ4n) is 2.42. The van der Waals surface area contributed by atoms with E-state index in [0.29, 0.717) is 10.7 Å². The van der Waals surface area contributed by atoms with Gasteiger partial charge in [0.1, 0.15) is 11.6 Å². The average molecular weight is 405 g/mol. The number of carbonyl (C=O) groups excluding carboxylic acids is 1. The summed E-state index contributed by atoms with van der Waals surface area (Å²) >= 11 is 7.17. The van der Waals surface area contributed by atoms with Gasteiger partial charge in [0.05, 0.1) is 23.7 Å². The lowest BCUT2D eigenvalue weighted by molar-refractivity contribution is -0.116. The van der Waals surface area contributed by atoms with Gasteiger partial charge < -0.3 is 4.90 Å². The number of anilines is 1. The van der Waals surface area contributed by atoms with Crippen molar-refractivity contribution < 1.29 is 13.6 Å². The third kappa shape index (κ3) is 5.28. The Bertz CT molecular complexity index is 923. The number of benzene rings is 2. The average Bonchev–Trinajstić information content (AvgIpc) is 2.67. The summed E-state index contributed by atoms with van der Waals surface area (Å²) in [6.45, 7) is 0.0867. The van der Waals surface area contributed by atoms with Gasteiger partial charge in [0.25, 0.3) is 0 Å². The van der Waals surface area contributed by atoms with Crippen LogP contribution in [0.15, 0.2) is 71.8 Å². The fraction of sp³-hybridized carbons (Fsp3) is 0.100. The van der Waals surface area contributed by atoms with Gasteiger partial charge in [-0.15, -0.1) is 11.8 Å². The molecule has 0 atom stereocenters. The third-order valence-corrected chi connectivity index (χ3v) is 4.97. The van der Waals surface area contributed by atoms with Gasteiger partial charge >= 0.3 is 0 Å². The van der Waals surface area contributed by atoms with E-state index >= 15 is 0 Å². The minimum Gasteiger partial charge on any atom is -0.303 e. The summed E-state index contributed by atoms with van der Waals surface area (Å²) in [5.41, 5.74) is 0.620. The van der Waals surface area contributed by atoms with E-state index in [1.54, 1.807) is 36.5 Å². The lowest BCUT2D eigenvalue weighted by Crippen LogP contribution is -2.33. The van der Waals surface area contributed by atoms with Gasteiger partial charge in [-0.25, -0.2) is 8.78 Å². The van der Waals surface area contributed by atoms with Gasteiger partial charge in [-0.2, -0.15) is 0 Å². The summed E-state index contributed by atoms with van der Waals surface area (Å²) in [5, 5.41) is 0.607. The first kappa shape index (κ1) is 19.3. The van der Waals surface area contributed by atoms with Crippen molar-refractivity contribution in [3.63, 3.8) is 0 Å². The lowest BCUT2D eigenvalue weighted by atomic mass is 10.2. The van der Waals surface area contributed by atoms with Crippen molar-refractivity contribution in [1.29, 1.82) is 0 Å². The summed E-state index contributed by atoms with van der Waals surface area (Å²) in [5.74, 6) is -1.72. The van der Waals surface area contributed by atoms with Crippen LogP contribution in [0.4, 0.5) is 14.5 Å². The predicted molar refractivity (Wildman–Crippen MR) is 104 cm³/mol.